The first-order valence-corrected chi connectivity index (χ1v) is 6.00. The van der Waals surface area contributed by atoms with Crippen LogP contribution in [0.5, 0.6) is 0 Å². The lowest BCUT2D eigenvalue weighted by molar-refractivity contribution is -0.0131. The lowest BCUT2D eigenvalue weighted by Crippen LogP contribution is -2.47. The number of rotatable bonds is 5. The zero-order chi connectivity index (χ0) is 12.6. The molecule has 0 aliphatic carbocycles. The summed E-state index contributed by atoms with van der Waals surface area (Å²) < 4.78 is 5.33. The van der Waals surface area contributed by atoms with Crippen molar-refractivity contribution in [1.82, 2.24) is 10.6 Å². The minimum Gasteiger partial charge on any atom is -0.396 e. The molecule has 1 aliphatic heterocycles. The number of hydrogen-bond donors (Lipinski definition) is 3. The maximum absolute atomic E-state index is 9.53. The van der Waals surface area contributed by atoms with Crippen LogP contribution < -0.4 is 10.6 Å². The van der Waals surface area contributed by atoms with Gasteiger partial charge in [0.15, 0.2) is 5.96 Å². The van der Waals surface area contributed by atoms with Gasteiger partial charge >= 0.3 is 0 Å². The van der Waals surface area contributed by atoms with Crippen molar-refractivity contribution in [3.8, 4) is 0 Å². The number of aliphatic hydroxyl groups is 1. The average molecular weight is 241 g/mol. The standard InChI is InChI=1S/C12H23N3O2/c1-3-6-14-11(13-2)15-9-12(10-16)4-7-17-8-5-12/h3,16H,1,4-10H2,2H3,(H2,13,14,15). The monoisotopic (exact) mass is 241 g/mol. The summed E-state index contributed by atoms with van der Waals surface area (Å²) >= 11 is 0. The summed E-state index contributed by atoms with van der Waals surface area (Å²) in [6.45, 7) is 6.66. The number of aliphatic hydroxyl groups excluding tert-OH is 1. The summed E-state index contributed by atoms with van der Waals surface area (Å²) in [5, 5.41) is 15.9. The lowest BCUT2D eigenvalue weighted by Gasteiger charge is -2.35. The molecule has 1 heterocycles. The molecule has 0 amide bonds. The van der Waals surface area contributed by atoms with Crippen LogP contribution in [0.15, 0.2) is 17.6 Å². The van der Waals surface area contributed by atoms with Gasteiger partial charge in [0.2, 0.25) is 0 Å². The minimum absolute atomic E-state index is 0.0793. The van der Waals surface area contributed by atoms with Crippen molar-refractivity contribution in [1.29, 1.82) is 0 Å². The first-order valence-electron chi connectivity index (χ1n) is 6.00. The molecule has 0 unspecified atom stereocenters. The van der Waals surface area contributed by atoms with Crippen molar-refractivity contribution in [3.63, 3.8) is 0 Å². The number of nitrogens with one attached hydrogen (secondary N) is 2. The zero-order valence-corrected chi connectivity index (χ0v) is 10.5. The molecule has 1 aliphatic rings. The second-order valence-electron chi connectivity index (χ2n) is 4.37. The van der Waals surface area contributed by atoms with Gasteiger partial charge in [-0.25, -0.2) is 0 Å². The van der Waals surface area contributed by atoms with Crippen LogP contribution in [-0.4, -0.2) is 51.0 Å². The van der Waals surface area contributed by atoms with Crippen molar-refractivity contribution < 1.29 is 9.84 Å². The van der Waals surface area contributed by atoms with Crippen LogP contribution in [0.25, 0.3) is 0 Å². The van der Waals surface area contributed by atoms with Crippen molar-refractivity contribution in [3.05, 3.63) is 12.7 Å². The molecular weight excluding hydrogens is 218 g/mol. The topological polar surface area (TPSA) is 65.9 Å². The summed E-state index contributed by atoms with van der Waals surface area (Å²) in [6.07, 6.45) is 3.55. The first kappa shape index (κ1) is 14.0. The van der Waals surface area contributed by atoms with Crippen molar-refractivity contribution in [2.24, 2.45) is 10.4 Å². The van der Waals surface area contributed by atoms with Gasteiger partial charge in [-0.3, -0.25) is 4.99 Å². The van der Waals surface area contributed by atoms with Gasteiger partial charge in [-0.15, -0.1) is 6.58 Å². The van der Waals surface area contributed by atoms with E-state index in [0.29, 0.717) is 13.1 Å². The fraction of sp³-hybridized carbons (Fsp3) is 0.750. The zero-order valence-electron chi connectivity index (χ0n) is 10.5. The Balaban J connectivity index is 2.42. The molecule has 5 heteroatoms. The molecule has 5 nitrogen and oxygen atoms in total. The van der Waals surface area contributed by atoms with E-state index in [2.05, 4.69) is 22.2 Å². The van der Waals surface area contributed by atoms with Crippen LogP contribution in [0.4, 0.5) is 0 Å². The molecule has 0 spiro atoms. The Hall–Kier alpha value is -1.07. The predicted molar refractivity (Wildman–Crippen MR) is 69.1 cm³/mol. The third-order valence-corrected chi connectivity index (χ3v) is 3.16. The number of hydrogen-bond acceptors (Lipinski definition) is 3. The molecule has 0 saturated carbocycles. The Bertz CT molecular complexity index is 260. The Morgan fingerprint density at radius 1 is 1.47 bits per heavy atom. The van der Waals surface area contributed by atoms with E-state index in [9.17, 15) is 5.11 Å². The Morgan fingerprint density at radius 3 is 2.71 bits per heavy atom. The number of ether oxygens (including phenoxy) is 1. The maximum Gasteiger partial charge on any atom is 0.191 e. The van der Waals surface area contributed by atoms with E-state index < -0.39 is 0 Å². The van der Waals surface area contributed by atoms with Crippen LogP contribution in [0, 0.1) is 5.41 Å². The number of guanidine groups is 1. The molecule has 0 bridgehead atoms. The fourth-order valence-electron chi connectivity index (χ4n) is 1.86. The van der Waals surface area contributed by atoms with Gasteiger partial charge < -0.3 is 20.5 Å². The third kappa shape index (κ3) is 4.36. The SMILES string of the molecule is C=CCNC(=NC)NCC1(CO)CCOCC1. The maximum atomic E-state index is 9.53. The second-order valence-corrected chi connectivity index (χ2v) is 4.37. The Kier molecular flexibility index (Phi) is 6.00. The van der Waals surface area contributed by atoms with Gasteiger partial charge in [0.25, 0.3) is 0 Å². The predicted octanol–water partition coefficient (Wildman–Crippen LogP) is 0.127. The van der Waals surface area contributed by atoms with Crippen LogP contribution in [0.3, 0.4) is 0 Å². The Morgan fingerprint density at radius 2 is 2.18 bits per heavy atom. The molecular formula is C12H23N3O2. The summed E-state index contributed by atoms with van der Waals surface area (Å²) in [5.74, 6) is 0.740. The molecule has 17 heavy (non-hydrogen) atoms. The number of aliphatic imine (C=N–C) groups is 1. The molecule has 98 valence electrons. The van der Waals surface area contributed by atoms with Crippen LogP contribution >= 0.6 is 0 Å². The molecule has 0 radical (unpaired) electrons. The van der Waals surface area contributed by atoms with E-state index >= 15 is 0 Å². The Labute approximate surface area is 103 Å². The molecule has 0 aromatic heterocycles. The smallest absolute Gasteiger partial charge is 0.191 e. The van der Waals surface area contributed by atoms with Crippen LogP contribution in [0.1, 0.15) is 12.8 Å². The normalized spacial score (nSPS) is 19.8. The third-order valence-electron chi connectivity index (χ3n) is 3.16. The van der Waals surface area contributed by atoms with E-state index in [1.54, 1.807) is 13.1 Å². The van der Waals surface area contributed by atoms with Crippen molar-refractivity contribution in [2.75, 3.05) is 40.0 Å². The van der Waals surface area contributed by atoms with Gasteiger partial charge in [0.1, 0.15) is 0 Å². The van der Waals surface area contributed by atoms with E-state index in [1.807, 2.05) is 0 Å². The van der Waals surface area contributed by atoms with Gasteiger partial charge in [-0.05, 0) is 12.8 Å². The average Bonchev–Trinajstić information content (AvgIpc) is 2.40. The molecule has 1 saturated heterocycles. The summed E-state index contributed by atoms with van der Waals surface area (Å²) in [6, 6.07) is 0. The van der Waals surface area contributed by atoms with E-state index in [1.165, 1.54) is 0 Å². The van der Waals surface area contributed by atoms with Gasteiger partial charge in [-0.1, -0.05) is 6.08 Å². The summed E-state index contributed by atoms with van der Waals surface area (Å²) in [5.41, 5.74) is -0.0793. The molecule has 1 fully saturated rings. The summed E-state index contributed by atoms with van der Waals surface area (Å²) in [7, 11) is 1.73. The van der Waals surface area contributed by atoms with Crippen LogP contribution in [0.2, 0.25) is 0 Å². The molecule has 1 rings (SSSR count). The van der Waals surface area contributed by atoms with Gasteiger partial charge in [0.05, 0.1) is 6.61 Å². The van der Waals surface area contributed by atoms with Crippen LogP contribution in [-0.2, 0) is 4.74 Å². The number of nitrogens with zero attached hydrogens (tertiary/aromatic N) is 1. The second kappa shape index (κ2) is 7.29. The molecule has 3 N–H and O–H groups in total. The first-order chi connectivity index (χ1) is 8.26. The molecule has 0 atom stereocenters. The highest BCUT2D eigenvalue weighted by atomic mass is 16.5. The largest absolute Gasteiger partial charge is 0.396 e. The highest BCUT2D eigenvalue weighted by Gasteiger charge is 2.31. The molecule has 0 aromatic carbocycles. The van der Waals surface area contributed by atoms with E-state index in [0.717, 1.165) is 32.0 Å². The van der Waals surface area contributed by atoms with Crippen molar-refractivity contribution in [2.45, 2.75) is 12.8 Å². The van der Waals surface area contributed by atoms with Crippen molar-refractivity contribution >= 4 is 5.96 Å². The van der Waals surface area contributed by atoms with Gasteiger partial charge in [-0.2, -0.15) is 0 Å². The quantitative estimate of drug-likeness (QED) is 0.363. The highest BCUT2D eigenvalue weighted by Crippen LogP contribution is 2.28. The summed E-state index contributed by atoms with van der Waals surface area (Å²) in [4.78, 5) is 4.11. The van der Waals surface area contributed by atoms with Gasteiger partial charge in [0, 0.05) is 38.8 Å². The van der Waals surface area contributed by atoms with E-state index in [4.69, 9.17) is 4.74 Å². The fourth-order valence-corrected chi connectivity index (χ4v) is 1.86. The highest BCUT2D eigenvalue weighted by molar-refractivity contribution is 5.79. The minimum atomic E-state index is -0.0793. The molecule has 0 aromatic rings. The lowest BCUT2D eigenvalue weighted by atomic mass is 9.81. The van der Waals surface area contributed by atoms with E-state index in [-0.39, 0.29) is 12.0 Å².